The molecule has 0 radical (unpaired) electrons. The van der Waals surface area contributed by atoms with Crippen molar-refractivity contribution in [3.8, 4) is 17.0 Å². The van der Waals surface area contributed by atoms with Crippen molar-refractivity contribution in [2.75, 3.05) is 18.0 Å². The number of nitrogens with one attached hydrogen (secondary N) is 1. The largest absolute Gasteiger partial charge is 0.508 e. The van der Waals surface area contributed by atoms with Gasteiger partial charge in [-0.05, 0) is 30.7 Å². The van der Waals surface area contributed by atoms with Gasteiger partial charge < -0.3 is 15.3 Å². The lowest BCUT2D eigenvalue weighted by molar-refractivity contribution is 0.0940. The summed E-state index contributed by atoms with van der Waals surface area (Å²) >= 11 is 0. The zero-order chi connectivity index (χ0) is 18.8. The number of amides is 1. The maximum Gasteiger partial charge on any atom is 0.251 e. The average Bonchev–Trinajstić information content (AvgIpc) is 3.31. The summed E-state index contributed by atoms with van der Waals surface area (Å²) in [5, 5.41) is 16.7. The first-order valence-corrected chi connectivity index (χ1v) is 8.75. The number of rotatable bonds is 4. The Morgan fingerprint density at radius 2 is 2.22 bits per heavy atom. The van der Waals surface area contributed by atoms with Crippen molar-refractivity contribution in [3.05, 3.63) is 54.5 Å². The normalized spacial score (nSPS) is 16.5. The van der Waals surface area contributed by atoms with E-state index in [1.165, 1.54) is 6.07 Å². The van der Waals surface area contributed by atoms with Gasteiger partial charge in [0.1, 0.15) is 5.75 Å². The Morgan fingerprint density at radius 1 is 1.33 bits per heavy atom. The third kappa shape index (κ3) is 3.74. The van der Waals surface area contributed by atoms with E-state index in [4.69, 9.17) is 0 Å². The van der Waals surface area contributed by atoms with E-state index in [1.54, 1.807) is 35.3 Å². The van der Waals surface area contributed by atoms with Crippen molar-refractivity contribution in [3.63, 3.8) is 0 Å². The Balaban J connectivity index is 1.43. The number of anilines is 1. The number of carbonyl (C=O) groups is 1. The van der Waals surface area contributed by atoms with Gasteiger partial charge in [0.15, 0.2) is 0 Å². The molecule has 0 spiro atoms. The van der Waals surface area contributed by atoms with Crippen molar-refractivity contribution in [1.29, 1.82) is 0 Å². The van der Waals surface area contributed by atoms with E-state index in [0.717, 1.165) is 24.2 Å². The van der Waals surface area contributed by atoms with Gasteiger partial charge in [0.25, 0.3) is 5.91 Å². The fraction of sp³-hybridized carbons (Fsp3) is 0.263. The van der Waals surface area contributed by atoms with Crippen LogP contribution in [0.15, 0.2) is 48.9 Å². The number of carbonyl (C=O) groups excluding carboxylic acids is 1. The summed E-state index contributed by atoms with van der Waals surface area (Å²) in [6, 6.07) is 8.21. The molecule has 138 valence electrons. The number of aryl methyl sites for hydroxylation is 1. The number of phenols is 1. The molecule has 27 heavy (non-hydrogen) atoms. The van der Waals surface area contributed by atoms with Gasteiger partial charge in [-0.1, -0.05) is 6.07 Å². The molecule has 2 aromatic heterocycles. The van der Waals surface area contributed by atoms with Gasteiger partial charge in [-0.3, -0.25) is 9.48 Å². The Bertz CT molecular complexity index is 970. The number of aromatic hydroxyl groups is 1. The molecule has 3 heterocycles. The molecule has 2 N–H and O–H groups in total. The van der Waals surface area contributed by atoms with Crippen LogP contribution in [0, 0.1) is 0 Å². The first-order valence-electron chi connectivity index (χ1n) is 8.75. The highest BCUT2D eigenvalue weighted by atomic mass is 16.3. The van der Waals surface area contributed by atoms with Crippen molar-refractivity contribution in [2.24, 2.45) is 7.05 Å². The molecule has 3 aromatic rings. The summed E-state index contributed by atoms with van der Waals surface area (Å²) in [6.07, 6.45) is 6.23. The second kappa shape index (κ2) is 7.06. The van der Waals surface area contributed by atoms with Gasteiger partial charge in [-0.2, -0.15) is 5.10 Å². The zero-order valence-corrected chi connectivity index (χ0v) is 14.9. The van der Waals surface area contributed by atoms with Crippen LogP contribution in [-0.4, -0.2) is 49.9 Å². The van der Waals surface area contributed by atoms with Gasteiger partial charge in [0, 0.05) is 49.7 Å². The summed E-state index contributed by atoms with van der Waals surface area (Å²) in [6.45, 7) is 1.41. The van der Waals surface area contributed by atoms with Crippen molar-refractivity contribution in [2.45, 2.75) is 12.5 Å². The monoisotopic (exact) mass is 364 g/mol. The Morgan fingerprint density at radius 3 is 3.00 bits per heavy atom. The first-order chi connectivity index (χ1) is 13.1. The molecule has 8 nitrogen and oxygen atoms in total. The molecular weight excluding hydrogens is 344 g/mol. The minimum Gasteiger partial charge on any atom is -0.508 e. The summed E-state index contributed by atoms with van der Waals surface area (Å²) in [5.41, 5.74) is 2.21. The molecule has 1 saturated heterocycles. The second-order valence-electron chi connectivity index (χ2n) is 6.60. The van der Waals surface area contributed by atoms with Crippen LogP contribution in [0.25, 0.3) is 11.3 Å². The van der Waals surface area contributed by atoms with Gasteiger partial charge in [0.2, 0.25) is 5.95 Å². The molecule has 1 aliphatic rings. The number of hydrogen-bond donors (Lipinski definition) is 2. The van der Waals surface area contributed by atoms with Crippen LogP contribution < -0.4 is 10.2 Å². The van der Waals surface area contributed by atoms with Gasteiger partial charge in [-0.25, -0.2) is 9.97 Å². The molecule has 1 amide bonds. The Hall–Kier alpha value is -3.42. The molecular formula is C19H20N6O2. The number of nitrogens with zero attached hydrogens (tertiary/aromatic N) is 5. The number of aromatic nitrogens is 4. The molecule has 1 aliphatic heterocycles. The quantitative estimate of drug-likeness (QED) is 0.730. The predicted molar refractivity (Wildman–Crippen MR) is 100 cm³/mol. The van der Waals surface area contributed by atoms with Crippen molar-refractivity contribution in [1.82, 2.24) is 25.1 Å². The smallest absolute Gasteiger partial charge is 0.251 e. The molecule has 1 fully saturated rings. The van der Waals surface area contributed by atoms with Crippen LogP contribution in [0.2, 0.25) is 0 Å². The molecule has 0 aliphatic carbocycles. The van der Waals surface area contributed by atoms with E-state index in [1.807, 2.05) is 19.3 Å². The molecule has 0 saturated carbocycles. The Kier molecular flexibility index (Phi) is 4.45. The van der Waals surface area contributed by atoms with Crippen LogP contribution >= 0.6 is 0 Å². The zero-order valence-electron chi connectivity index (χ0n) is 14.9. The van der Waals surface area contributed by atoms with Crippen LogP contribution in [0.4, 0.5) is 5.95 Å². The SMILES string of the molecule is Cn1cc(-c2ccnc(N3CCC(NC(=O)c4cccc(O)c4)C3)n2)cn1. The number of phenolic OH excluding ortho intramolecular Hbond substituents is 1. The maximum atomic E-state index is 12.4. The van der Waals surface area contributed by atoms with Crippen molar-refractivity contribution >= 4 is 11.9 Å². The minimum absolute atomic E-state index is 0.00509. The maximum absolute atomic E-state index is 12.4. The average molecular weight is 364 g/mol. The van der Waals surface area contributed by atoms with E-state index in [-0.39, 0.29) is 17.7 Å². The molecule has 1 unspecified atom stereocenters. The highest BCUT2D eigenvalue weighted by molar-refractivity contribution is 5.94. The van der Waals surface area contributed by atoms with Crippen LogP contribution in [0.3, 0.4) is 0 Å². The lowest BCUT2D eigenvalue weighted by Crippen LogP contribution is -2.37. The fourth-order valence-electron chi connectivity index (χ4n) is 3.19. The highest BCUT2D eigenvalue weighted by Crippen LogP contribution is 2.21. The van der Waals surface area contributed by atoms with Gasteiger partial charge >= 0.3 is 0 Å². The van der Waals surface area contributed by atoms with Crippen LogP contribution in [0.1, 0.15) is 16.8 Å². The van der Waals surface area contributed by atoms with Crippen LogP contribution in [0.5, 0.6) is 5.75 Å². The molecule has 0 bridgehead atoms. The second-order valence-corrected chi connectivity index (χ2v) is 6.60. The summed E-state index contributed by atoms with van der Waals surface area (Å²) < 4.78 is 1.74. The molecule has 8 heteroatoms. The van der Waals surface area contributed by atoms with E-state index in [9.17, 15) is 9.90 Å². The lowest BCUT2D eigenvalue weighted by atomic mass is 10.2. The van der Waals surface area contributed by atoms with Gasteiger partial charge in [-0.15, -0.1) is 0 Å². The highest BCUT2D eigenvalue weighted by Gasteiger charge is 2.26. The van der Waals surface area contributed by atoms with E-state index >= 15 is 0 Å². The summed E-state index contributed by atoms with van der Waals surface area (Å²) in [7, 11) is 1.87. The van der Waals surface area contributed by atoms with Crippen molar-refractivity contribution < 1.29 is 9.90 Å². The first kappa shape index (κ1) is 17.0. The Labute approximate surface area is 156 Å². The standard InChI is InChI=1S/C19H20N6O2/c1-24-11-14(10-21-24)17-5-7-20-19(23-17)25-8-6-15(12-25)22-18(27)13-3-2-4-16(26)9-13/h2-5,7,9-11,15,26H,6,8,12H2,1H3,(H,22,27). The fourth-order valence-corrected chi connectivity index (χ4v) is 3.19. The van der Waals surface area contributed by atoms with E-state index < -0.39 is 0 Å². The number of hydrogen-bond acceptors (Lipinski definition) is 6. The number of benzene rings is 1. The van der Waals surface area contributed by atoms with Crippen LogP contribution in [-0.2, 0) is 7.05 Å². The third-order valence-electron chi connectivity index (χ3n) is 4.56. The lowest BCUT2D eigenvalue weighted by Gasteiger charge is -2.17. The topological polar surface area (TPSA) is 96.2 Å². The summed E-state index contributed by atoms with van der Waals surface area (Å²) in [5.74, 6) is 0.532. The van der Waals surface area contributed by atoms with Gasteiger partial charge in [0.05, 0.1) is 11.9 Å². The molecule has 1 aromatic carbocycles. The molecule has 4 rings (SSSR count). The molecule has 1 atom stereocenters. The summed E-state index contributed by atoms with van der Waals surface area (Å²) in [4.78, 5) is 23.4. The predicted octanol–water partition coefficient (Wildman–Crippen LogP) is 1.59. The van der Waals surface area contributed by atoms with E-state index in [0.29, 0.717) is 18.1 Å². The van der Waals surface area contributed by atoms with E-state index in [2.05, 4.69) is 25.3 Å². The minimum atomic E-state index is -0.192. The third-order valence-corrected chi connectivity index (χ3v) is 4.56.